The molecule has 2 aromatic rings. The van der Waals surface area contributed by atoms with E-state index < -0.39 is 0 Å². The molecule has 0 bridgehead atoms. The van der Waals surface area contributed by atoms with Crippen LogP contribution in [0.3, 0.4) is 0 Å². The molecular weight excluding hydrogens is 292 g/mol. The Morgan fingerprint density at radius 2 is 1.91 bits per heavy atom. The molecule has 0 unspecified atom stereocenters. The van der Waals surface area contributed by atoms with E-state index in [1.807, 2.05) is 18.2 Å². The van der Waals surface area contributed by atoms with Gasteiger partial charge in [-0.05, 0) is 43.2 Å². The van der Waals surface area contributed by atoms with Crippen LogP contribution in [-0.2, 0) is 16.0 Å². The molecule has 3 N–H and O–H groups in total. The van der Waals surface area contributed by atoms with Gasteiger partial charge in [0, 0.05) is 17.8 Å². The molecule has 2 rings (SSSR count). The van der Waals surface area contributed by atoms with Gasteiger partial charge in [0.25, 0.3) is 5.91 Å². The highest BCUT2D eigenvalue weighted by Crippen LogP contribution is 2.16. The number of nitrogen functional groups attached to an aromatic ring is 1. The molecule has 5 heteroatoms. The van der Waals surface area contributed by atoms with Crippen LogP contribution in [0, 0.1) is 0 Å². The molecule has 2 aromatic carbocycles. The Labute approximate surface area is 135 Å². The summed E-state index contributed by atoms with van der Waals surface area (Å²) in [6, 6.07) is 14.3. The van der Waals surface area contributed by atoms with Crippen molar-refractivity contribution in [2.75, 3.05) is 17.7 Å². The predicted octanol–water partition coefficient (Wildman–Crippen LogP) is 3.02. The first-order valence-electron chi connectivity index (χ1n) is 7.50. The number of carbonyl (C=O) groups excluding carboxylic acids is 2. The first-order chi connectivity index (χ1) is 11.1. The third-order valence-corrected chi connectivity index (χ3v) is 3.31. The molecule has 0 aliphatic heterocycles. The molecule has 120 valence electrons. The van der Waals surface area contributed by atoms with E-state index in [-0.39, 0.29) is 11.9 Å². The summed E-state index contributed by atoms with van der Waals surface area (Å²) in [5, 5.41) is 2.82. The van der Waals surface area contributed by atoms with Crippen molar-refractivity contribution in [2.45, 2.75) is 19.8 Å². The van der Waals surface area contributed by atoms with Crippen molar-refractivity contribution in [3.63, 3.8) is 0 Å². The maximum Gasteiger partial charge on any atom is 0.306 e. The Balaban J connectivity index is 2.01. The summed E-state index contributed by atoms with van der Waals surface area (Å²) in [7, 11) is 0. The fourth-order valence-electron chi connectivity index (χ4n) is 2.19. The van der Waals surface area contributed by atoms with Crippen LogP contribution in [0.2, 0.25) is 0 Å². The molecule has 5 nitrogen and oxygen atoms in total. The van der Waals surface area contributed by atoms with Crippen molar-refractivity contribution in [1.82, 2.24) is 0 Å². The van der Waals surface area contributed by atoms with Crippen LogP contribution in [-0.4, -0.2) is 18.5 Å². The van der Waals surface area contributed by atoms with E-state index in [4.69, 9.17) is 10.5 Å². The number of esters is 1. The minimum Gasteiger partial charge on any atom is -0.466 e. The fraction of sp³-hybridized carbons (Fsp3) is 0.222. The lowest BCUT2D eigenvalue weighted by molar-refractivity contribution is -0.143. The van der Waals surface area contributed by atoms with Gasteiger partial charge in [-0.3, -0.25) is 9.59 Å². The molecule has 23 heavy (non-hydrogen) atoms. The Hall–Kier alpha value is -2.82. The molecule has 0 aromatic heterocycles. The maximum absolute atomic E-state index is 12.2. The van der Waals surface area contributed by atoms with E-state index in [0.717, 1.165) is 5.56 Å². The van der Waals surface area contributed by atoms with Gasteiger partial charge in [-0.2, -0.15) is 0 Å². The van der Waals surface area contributed by atoms with Crippen molar-refractivity contribution in [2.24, 2.45) is 0 Å². The van der Waals surface area contributed by atoms with Crippen LogP contribution in [0.25, 0.3) is 0 Å². The Morgan fingerprint density at radius 1 is 1.13 bits per heavy atom. The van der Waals surface area contributed by atoms with Crippen molar-refractivity contribution >= 4 is 23.3 Å². The maximum atomic E-state index is 12.2. The monoisotopic (exact) mass is 312 g/mol. The van der Waals surface area contributed by atoms with Crippen molar-refractivity contribution in [1.29, 1.82) is 0 Å². The zero-order chi connectivity index (χ0) is 16.7. The van der Waals surface area contributed by atoms with Crippen LogP contribution < -0.4 is 11.1 Å². The lowest BCUT2D eigenvalue weighted by atomic mass is 10.1. The number of carbonyl (C=O) groups is 2. The van der Waals surface area contributed by atoms with E-state index in [9.17, 15) is 9.59 Å². The molecular formula is C18H20N2O3. The van der Waals surface area contributed by atoms with E-state index in [2.05, 4.69) is 5.32 Å². The molecule has 0 radical (unpaired) electrons. The second kappa shape index (κ2) is 7.98. The average molecular weight is 312 g/mol. The number of nitrogens with two attached hydrogens (primary N) is 1. The molecule has 0 saturated carbocycles. The standard InChI is InChI=1S/C18H20N2O3/c1-2-23-17(21)11-10-13-6-5-7-14(12-13)20-18(22)15-8-3-4-9-16(15)19/h3-9,12H,2,10-11,19H2,1H3,(H,20,22). The van der Waals surface area contributed by atoms with E-state index in [1.54, 1.807) is 37.3 Å². The summed E-state index contributed by atoms with van der Waals surface area (Å²) in [6.07, 6.45) is 0.882. The molecule has 0 aliphatic rings. The normalized spacial score (nSPS) is 10.1. The summed E-state index contributed by atoms with van der Waals surface area (Å²) < 4.78 is 4.91. The Bertz CT molecular complexity index is 698. The fourth-order valence-corrected chi connectivity index (χ4v) is 2.19. The van der Waals surface area contributed by atoms with Crippen LogP contribution >= 0.6 is 0 Å². The zero-order valence-electron chi connectivity index (χ0n) is 13.0. The highest BCUT2D eigenvalue weighted by molar-refractivity contribution is 6.07. The number of para-hydroxylation sites is 1. The zero-order valence-corrected chi connectivity index (χ0v) is 13.0. The second-order valence-corrected chi connectivity index (χ2v) is 5.05. The minimum absolute atomic E-state index is 0.223. The molecule has 0 heterocycles. The quantitative estimate of drug-likeness (QED) is 0.634. The van der Waals surface area contributed by atoms with Gasteiger partial charge in [0.1, 0.15) is 0 Å². The first-order valence-corrected chi connectivity index (χ1v) is 7.50. The van der Waals surface area contributed by atoms with Gasteiger partial charge < -0.3 is 15.8 Å². The lowest BCUT2D eigenvalue weighted by Crippen LogP contribution is -2.14. The predicted molar refractivity (Wildman–Crippen MR) is 90.2 cm³/mol. The SMILES string of the molecule is CCOC(=O)CCc1cccc(NC(=O)c2ccccc2N)c1. The molecule has 0 atom stereocenters. The van der Waals surface area contributed by atoms with Gasteiger partial charge >= 0.3 is 5.97 Å². The largest absolute Gasteiger partial charge is 0.466 e. The van der Waals surface area contributed by atoms with Crippen molar-refractivity contribution < 1.29 is 14.3 Å². The summed E-state index contributed by atoms with van der Waals surface area (Å²) in [5.41, 5.74) is 8.29. The number of rotatable bonds is 6. The lowest BCUT2D eigenvalue weighted by Gasteiger charge is -2.09. The van der Waals surface area contributed by atoms with Gasteiger partial charge in [-0.1, -0.05) is 24.3 Å². The van der Waals surface area contributed by atoms with Gasteiger partial charge in [0.05, 0.1) is 12.2 Å². The molecule has 0 fully saturated rings. The minimum atomic E-state index is -0.259. The summed E-state index contributed by atoms with van der Waals surface area (Å²) in [4.78, 5) is 23.6. The van der Waals surface area contributed by atoms with Gasteiger partial charge in [-0.15, -0.1) is 0 Å². The summed E-state index contributed by atoms with van der Waals surface area (Å²) in [5.74, 6) is -0.482. The molecule has 0 aliphatic carbocycles. The number of aryl methyl sites for hydroxylation is 1. The third kappa shape index (κ3) is 4.85. The number of anilines is 2. The first kappa shape index (κ1) is 16.5. The molecule has 0 spiro atoms. The highest BCUT2D eigenvalue weighted by Gasteiger charge is 2.09. The Morgan fingerprint density at radius 3 is 2.65 bits per heavy atom. The van der Waals surface area contributed by atoms with E-state index >= 15 is 0 Å². The number of hydrogen-bond donors (Lipinski definition) is 2. The average Bonchev–Trinajstić information content (AvgIpc) is 2.54. The number of benzene rings is 2. The van der Waals surface area contributed by atoms with E-state index in [1.165, 1.54) is 0 Å². The van der Waals surface area contributed by atoms with E-state index in [0.29, 0.717) is 36.4 Å². The number of amides is 1. The van der Waals surface area contributed by atoms with Gasteiger partial charge in [0.15, 0.2) is 0 Å². The summed E-state index contributed by atoms with van der Waals surface area (Å²) in [6.45, 7) is 2.16. The highest BCUT2D eigenvalue weighted by atomic mass is 16.5. The summed E-state index contributed by atoms with van der Waals surface area (Å²) >= 11 is 0. The van der Waals surface area contributed by atoms with Crippen LogP contribution in [0.1, 0.15) is 29.3 Å². The smallest absolute Gasteiger partial charge is 0.306 e. The van der Waals surface area contributed by atoms with Crippen LogP contribution in [0.4, 0.5) is 11.4 Å². The third-order valence-electron chi connectivity index (χ3n) is 3.31. The number of ether oxygens (including phenoxy) is 1. The topological polar surface area (TPSA) is 81.4 Å². The number of nitrogens with one attached hydrogen (secondary N) is 1. The van der Waals surface area contributed by atoms with Gasteiger partial charge in [0.2, 0.25) is 0 Å². The van der Waals surface area contributed by atoms with Gasteiger partial charge in [-0.25, -0.2) is 0 Å². The van der Waals surface area contributed by atoms with Crippen molar-refractivity contribution in [3.8, 4) is 0 Å². The Kier molecular flexibility index (Phi) is 5.74. The molecule has 0 saturated heterocycles. The number of hydrogen-bond acceptors (Lipinski definition) is 4. The van der Waals surface area contributed by atoms with Crippen LogP contribution in [0.5, 0.6) is 0 Å². The van der Waals surface area contributed by atoms with Crippen molar-refractivity contribution in [3.05, 3.63) is 59.7 Å². The molecule has 1 amide bonds. The van der Waals surface area contributed by atoms with Crippen LogP contribution in [0.15, 0.2) is 48.5 Å². The second-order valence-electron chi connectivity index (χ2n) is 5.05.